The van der Waals surface area contributed by atoms with Crippen molar-refractivity contribution in [2.75, 3.05) is 23.7 Å². The molecule has 88 valence electrons. The molecule has 1 aliphatic rings. The van der Waals surface area contributed by atoms with Gasteiger partial charge in [-0.25, -0.2) is 4.98 Å². The van der Waals surface area contributed by atoms with Crippen molar-refractivity contribution in [2.45, 2.75) is 32.1 Å². The molecule has 1 aliphatic heterocycles. The first-order valence-electron chi connectivity index (χ1n) is 5.93. The quantitative estimate of drug-likeness (QED) is 0.819. The van der Waals surface area contributed by atoms with Crippen LogP contribution in [0.5, 0.6) is 0 Å². The smallest absolute Gasteiger partial charge is 0.147 e. The topological polar surface area (TPSA) is 42.1 Å². The van der Waals surface area contributed by atoms with Gasteiger partial charge < -0.3 is 10.6 Å². The van der Waals surface area contributed by atoms with Crippen LogP contribution in [0, 0.1) is 0 Å². The first kappa shape index (κ1) is 11.5. The highest BCUT2D eigenvalue weighted by Crippen LogP contribution is 2.26. The van der Waals surface area contributed by atoms with Gasteiger partial charge in [0.1, 0.15) is 5.82 Å². The molecule has 2 heterocycles. The van der Waals surface area contributed by atoms with Gasteiger partial charge in [-0.2, -0.15) is 0 Å². The molecule has 0 atom stereocenters. The van der Waals surface area contributed by atoms with E-state index in [0.29, 0.717) is 10.7 Å². The zero-order valence-corrected chi connectivity index (χ0v) is 10.2. The molecule has 0 spiro atoms. The van der Waals surface area contributed by atoms with E-state index in [1.54, 1.807) is 12.3 Å². The van der Waals surface area contributed by atoms with Gasteiger partial charge in [0, 0.05) is 13.1 Å². The third kappa shape index (κ3) is 2.79. The van der Waals surface area contributed by atoms with E-state index in [2.05, 4.69) is 9.88 Å². The number of hydrogen-bond donors (Lipinski definition) is 1. The van der Waals surface area contributed by atoms with Gasteiger partial charge in [-0.1, -0.05) is 30.9 Å². The molecule has 0 amide bonds. The van der Waals surface area contributed by atoms with Crippen LogP contribution >= 0.6 is 11.6 Å². The van der Waals surface area contributed by atoms with Crippen molar-refractivity contribution in [3.8, 4) is 0 Å². The van der Waals surface area contributed by atoms with Crippen LogP contribution in [-0.4, -0.2) is 18.1 Å². The fourth-order valence-corrected chi connectivity index (χ4v) is 2.43. The largest absolute Gasteiger partial charge is 0.397 e. The molecule has 0 aromatic carbocycles. The molecule has 1 aromatic rings. The minimum atomic E-state index is 0.626. The highest BCUT2D eigenvalue weighted by molar-refractivity contribution is 6.33. The summed E-state index contributed by atoms with van der Waals surface area (Å²) >= 11 is 6.17. The van der Waals surface area contributed by atoms with Crippen molar-refractivity contribution >= 4 is 23.1 Å². The summed E-state index contributed by atoms with van der Waals surface area (Å²) in [7, 11) is 0. The molecule has 0 radical (unpaired) electrons. The van der Waals surface area contributed by atoms with Crippen molar-refractivity contribution in [2.24, 2.45) is 0 Å². The second-order valence-electron chi connectivity index (χ2n) is 4.33. The van der Waals surface area contributed by atoms with Gasteiger partial charge in [0.05, 0.1) is 16.9 Å². The van der Waals surface area contributed by atoms with Crippen LogP contribution in [0.25, 0.3) is 0 Å². The highest BCUT2D eigenvalue weighted by atomic mass is 35.5. The van der Waals surface area contributed by atoms with Gasteiger partial charge in [0.25, 0.3) is 0 Å². The number of halogens is 1. The summed E-state index contributed by atoms with van der Waals surface area (Å²) in [5.41, 5.74) is 6.27. The number of hydrogen-bond acceptors (Lipinski definition) is 3. The fourth-order valence-electron chi connectivity index (χ4n) is 2.14. The molecule has 1 aromatic heterocycles. The Morgan fingerprint density at radius 1 is 1.12 bits per heavy atom. The number of nitrogen functional groups attached to an aromatic ring is 1. The van der Waals surface area contributed by atoms with Gasteiger partial charge >= 0.3 is 0 Å². The second kappa shape index (κ2) is 5.39. The summed E-state index contributed by atoms with van der Waals surface area (Å²) in [6.45, 7) is 2.10. The van der Waals surface area contributed by atoms with Crippen molar-refractivity contribution in [1.29, 1.82) is 0 Å². The maximum atomic E-state index is 6.17. The Balaban J connectivity index is 2.14. The Labute approximate surface area is 102 Å². The van der Waals surface area contributed by atoms with Gasteiger partial charge in [0.2, 0.25) is 0 Å². The number of anilines is 2. The van der Waals surface area contributed by atoms with Crippen LogP contribution in [-0.2, 0) is 0 Å². The van der Waals surface area contributed by atoms with Crippen molar-refractivity contribution < 1.29 is 0 Å². The first-order valence-corrected chi connectivity index (χ1v) is 6.31. The monoisotopic (exact) mass is 239 g/mol. The second-order valence-corrected chi connectivity index (χ2v) is 4.74. The van der Waals surface area contributed by atoms with E-state index < -0.39 is 0 Å². The van der Waals surface area contributed by atoms with E-state index in [1.807, 2.05) is 0 Å². The van der Waals surface area contributed by atoms with Crippen LogP contribution in [0.15, 0.2) is 12.3 Å². The van der Waals surface area contributed by atoms with E-state index in [-0.39, 0.29) is 0 Å². The van der Waals surface area contributed by atoms with E-state index in [4.69, 9.17) is 17.3 Å². The third-order valence-electron chi connectivity index (χ3n) is 3.00. The lowest BCUT2D eigenvalue weighted by atomic mass is 10.1. The molecule has 0 saturated carbocycles. The third-order valence-corrected chi connectivity index (χ3v) is 3.28. The van der Waals surface area contributed by atoms with Gasteiger partial charge in [0.15, 0.2) is 0 Å². The lowest BCUT2D eigenvalue weighted by molar-refractivity contribution is 0.554. The Bertz CT molecular complexity index is 346. The molecular weight excluding hydrogens is 222 g/mol. The summed E-state index contributed by atoms with van der Waals surface area (Å²) in [4.78, 5) is 6.62. The molecule has 1 saturated heterocycles. The fraction of sp³-hybridized carbons (Fsp3) is 0.583. The Kier molecular flexibility index (Phi) is 3.88. The highest BCUT2D eigenvalue weighted by Gasteiger charge is 2.13. The molecule has 4 heteroatoms. The van der Waals surface area contributed by atoms with Crippen molar-refractivity contribution in [3.05, 3.63) is 17.3 Å². The van der Waals surface area contributed by atoms with Crippen molar-refractivity contribution in [3.63, 3.8) is 0 Å². The first-order chi connectivity index (χ1) is 7.77. The summed E-state index contributed by atoms with van der Waals surface area (Å²) < 4.78 is 0. The van der Waals surface area contributed by atoms with E-state index in [1.165, 1.54) is 32.1 Å². The number of nitrogens with two attached hydrogens (primary N) is 1. The zero-order chi connectivity index (χ0) is 11.4. The predicted octanol–water partition coefficient (Wildman–Crippen LogP) is 3.09. The Hall–Kier alpha value is -0.960. The Morgan fingerprint density at radius 3 is 2.38 bits per heavy atom. The number of pyridine rings is 1. The summed E-state index contributed by atoms with van der Waals surface area (Å²) in [5.74, 6) is 0.887. The van der Waals surface area contributed by atoms with Crippen molar-refractivity contribution in [1.82, 2.24) is 4.98 Å². The van der Waals surface area contributed by atoms with Crippen LogP contribution in [0.1, 0.15) is 32.1 Å². The SMILES string of the molecule is Nc1cnc(N2CCCCCCC2)c(Cl)c1. The molecule has 2 N–H and O–H groups in total. The van der Waals surface area contributed by atoms with E-state index >= 15 is 0 Å². The van der Waals surface area contributed by atoms with Gasteiger partial charge in [-0.05, 0) is 18.9 Å². The average Bonchev–Trinajstić information content (AvgIpc) is 2.19. The molecular formula is C12H18ClN3. The molecule has 1 fully saturated rings. The summed E-state index contributed by atoms with van der Waals surface area (Å²) in [6, 6.07) is 1.78. The molecule has 0 aliphatic carbocycles. The molecule has 2 rings (SSSR count). The normalized spacial score (nSPS) is 17.9. The minimum Gasteiger partial charge on any atom is -0.397 e. The zero-order valence-electron chi connectivity index (χ0n) is 9.45. The van der Waals surface area contributed by atoms with Crippen LogP contribution in [0.2, 0.25) is 5.02 Å². The summed E-state index contributed by atoms with van der Waals surface area (Å²) in [6.07, 6.45) is 8.10. The van der Waals surface area contributed by atoms with E-state index in [9.17, 15) is 0 Å². The van der Waals surface area contributed by atoms with Gasteiger partial charge in [-0.3, -0.25) is 0 Å². The minimum absolute atomic E-state index is 0.626. The van der Waals surface area contributed by atoms with Gasteiger partial charge in [-0.15, -0.1) is 0 Å². The maximum Gasteiger partial charge on any atom is 0.147 e. The summed E-state index contributed by atoms with van der Waals surface area (Å²) in [5, 5.41) is 0.667. The molecule has 16 heavy (non-hydrogen) atoms. The predicted molar refractivity (Wildman–Crippen MR) is 69.0 cm³/mol. The van der Waals surface area contributed by atoms with Crippen LogP contribution < -0.4 is 10.6 Å². The number of aromatic nitrogens is 1. The number of rotatable bonds is 1. The lowest BCUT2D eigenvalue weighted by Gasteiger charge is -2.26. The Morgan fingerprint density at radius 2 is 1.75 bits per heavy atom. The lowest BCUT2D eigenvalue weighted by Crippen LogP contribution is -2.28. The maximum absolute atomic E-state index is 6.17. The van der Waals surface area contributed by atoms with E-state index in [0.717, 1.165) is 18.9 Å². The van der Waals surface area contributed by atoms with Crippen LogP contribution in [0.4, 0.5) is 11.5 Å². The molecule has 0 unspecified atom stereocenters. The molecule has 0 bridgehead atoms. The molecule has 3 nitrogen and oxygen atoms in total. The van der Waals surface area contributed by atoms with Crippen LogP contribution in [0.3, 0.4) is 0 Å². The number of nitrogens with zero attached hydrogens (tertiary/aromatic N) is 2. The standard InChI is InChI=1S/C12H18ClN3/c13-11-8-10(14)9-15-12(11)16-6-4-2-1-3-5-7-16/h8-9H,1-7,14H2. The average molecular weight is 240 g/mol.